The van der Waals surface area contributed by atoms with Crippen LogP contribution < -0.4 is 5.46 Å². The number of halogens is 2. The van der Waals surface area contributed by atoms with Gasteiger partial charge in [0.15, 0.2) is 28.4 Å². The summed E-state index contributed by atoms with van der Waals surface area (Å²) in [5.41, 5.74) is 21.8. The normalized spacial score (nSPS) is 11.1. The molecule has 0 saturated heterocycles. The Labute approximate surface area is 579 Å². The highest BCUT2D eigenvalue weighted by molar-refractivity contribution is 9.10. The molecule has 17 aromatic rings. The SMILES string of the molecule is Brc1ccc(-c2ccc(-c3ncccn3)nc2-c2ccc(Br)cc2)cc1.OB(O)c1ccc(-c2nc3ccccc3o2)cc1.c1cnc(-c2ccc(-c3ccc(-c4ccc(-c5nc6ccccc6o5)cc4)cc3)c(-c3ccc(-c4ccc(-c5nc6ccccc6o5)cc4)cc3)n2)nc1. The molecule has 468 valence electrons. The Bertz CT molecular complexity index is 5490. The summed E-state index contributed by atoms with van der Waals surface area (Å²) >= 11 is 6.99. The van der Waals surface area contributed by atoms with Gasteiger partial charge >= 0.3 is 7.12 Å². The molecule has 10 aromatic carbocycles. The maximum Gasteiger partial charge on any atom is 0.488 e. The predicted octanol–water partition coefficient (Wildman–Crippen LogP) is 19.4. The van der Waals surface area contributed by atoms with Crippen molar-refractivity contribution in [2.45, 2.75) is 0 Å². The van der Waals surface area contributed by atoms with E-state index in [-0.39, 0.29) is 0 Å². The predicted molar refractivity (Wildman–Crippen MR) is 394 cm³/mol. The van der Waals surface area contributed by atoms with Crippen LogP contribution in [0.5, 0.6) is 0 Å². The van der Waals surface area contributed by atoms with E-state index >= 15 is 0 Å². The van der Waals surface area contributed by atoms with Crippen LogP contribution in [0.2, 0.25) is 0 Å². The van der Waals surface area contributed by atoms with Crippen LogP contribution in [0, 0.1) is 0 Å². The van der Waals surface area contributed by atoms with E-state index in [1.165, 1.54) is 0 Å². The third-order valence-corrected chi connectivity index (χ3v) is 17.3. The zero-order valence-electron chi connectivity index (χ0n) is 51.8. The molecule has 7 heterocycles. The summed E-state index contributed by atoms with van der Waals surface area (Å²) in [6.07, 6.45) is 6.93. The Balaban J connectivity index is 0.000000146. The van der Waals surface area contributed by atoms with Crippen LogP contribution >= 0.6 is 31.9 Å². The standard InChI is InChI=1S/C47H29N5O2.C21H13Br2N3.C13H10BNO3/c1-3-8-42-39(6-1)51-46(53-42)36-22-14-32(15-23-36)30-10-18-34(19-11-30)38-26-27-41(45-48-28-5-29-49-45)50-44(38)35-20-12-31(13-21-35)33-16-24-37(25-17-33)47-52-40-7-2-4-9-43(40)54-47;22-16-6-2-14(3-7-16)18-10-11-19(21-24-12-1-13-25-21)26-20(18)15-4-8-17(23)9-5-15;16-14(17)10-7-5-9(6-8-10)13-15-11-3-1-2-4-12(11)18-13/h1-29H;1-13H;1-8,16-17H. The first-order valence-electron chi connectivity index (χ1n) is 31.2. The molecule has 17 heteroatoms. The highest BCUT2D eigenvalue weighted by atomic mass is 79.9. The van der Waals surface area contributed by atoms with Gasteiger partial charge in [0.2, 0.25) is 17.7 Å². The van der Waals surface area contributed by atoms with E-state index in [4.69, 9.17) is 33.3 Å². The number of oxazole rings is 3. The fourth-order valence-corrected chi connectivity index (χ4v) is 11.8. The molecule has 0 bridgehead atoms. The molecule has 14 nitrogen and oxygen atoms in total. The molecule has 0 saturated carbocycles. The molecule has 0 spiro atoms. The van der Waals surface area contributed by atoms with Crippen LogP contribution in [0.3, 0.4) is 0 Å². The largest absolute Gasteiger partial charge is 0.488 e. The van der Waals surface area contributed by atoms with E-state index in [0.29, 0.717) is 40.5 Å². The second kappa shape index (κ2) is 28.1. The maximum atomic E-state index is 9.02. The van der Waals surface area contributed by atoms with Gasteiger partial charge in [-0.15, -0.1) is 0 Å². The Kier molecular flexibility index (Phi) is 17.8. The zero-order chi connectivity index (χ0) is 66.3. The molecule has 17 rings (SSSR count). The van der Waals surface area contributed by atoms with Crippen molar-refractivity contribution in [1.82, 2.24) is 44.9 Å². The smallest absolute Gasteiger partial charge is 0.436 e. The van der Waals surface area contributed by atoms with Crippen molar-refractivity contribution in [3.05, 3.63) is 313 Å². The molecule has 0 amide bonds. The number of fused-ring (bicyclic) bond motifs is 3. The maximum absolute atomic E-state index is 9.02. The van der Waals surface area contributed by atoms with Crippen molar-refractivity contribution >= 4 is 77.7 Å². The third kappa shape index (κ3) is 13.8. The van der Waals surface area contributed by atoms with E-state index in [9.17, 15) is 0 Å². The summed E-state index contributed by atoms with van der Waals surface area (Å²) in [6, 6.07) is 91.8. The van der Waals surface area contributed by atoms with Crippen molar-refractivity contribution in [1.29, 1.82) is 0 Å². The molecule has 0 atom stereocenters. The second-order valence-electron chi connectivity index (χ2n) is 22.6. The van der Waals surface area contributed by atoms with Gasteiger partial charge in [0.1, 0.15) is 27.9 Å². The van der Waals surface area contributed by atoms with Gasteiger partial charge in [-0.1, -0.05) is 177 Å². The van der Waals surface area contributed by atoms with Gasteiger partial charge in [-0.2, -0.15) is 0 Å². The average Bonchev–Trinajstić information content (AvgIpc) is 1.38. The molecule has 2 N–H and O–H groups in total. The quantitative estimate of drug-likeness (QED) is 0.110. The van der Waals surface area contributed by atoms with Gasteiger partial charge in [-0.25, -0.2) is 44.9 Å². The van der Waals surface area contributed by atoms with Crippen LogP contribution in [0.4, 0.5) is 0 Å². The summed E-state index contributed by atoms with van der Waals surface area (Å²) in [5.74, 6) is 2.95. The molecular formula is C81H52BBr2N9O5. The fraction of sp³-hybridized carbons (Fsp3) is 0. The van der Waals surface area contributed by atoms with Gasteiger partial charge < -0.3 is 23.3 Å². The first-order valence-corrected chi connectivity index (χ1v) is 32.8. The molecule has 7 aromatic heterocycles. The summed E-state index contributed by atoms with van der Waals surface area (Å²) in [7, 11) is -1.46. The summed E-state index contributed by atoms with van der Waals surface area (Å²) in [4.78, 5) is 41.3. The number of pyridine rings is 2. The monoisotopic (exact) mass is 1400 g/mol. The van der Waals surface area contributed by atoms with Crippen molar-refractivity contribution in [2.75, 3.05) is 0 Å². The molecule has 0 aliphatic heterocycles. The van der Waals surface area contributed by atoms with Gasteiger partial charge in [0, 0.05) is 72.7 Å². The van der Waals surface area contributed by atoms with Crippen molar-refractivity contribution < 1.29 is 23.3 Å². The first-order chi connectivity index (χ1) is 48.2. The van der Waals surface area contributed by atoms with Crippen LogP contribution in [-0.2, 0) is 0 Å². The number of aromatic nitrogens is 9. The van der Waals surface area contributed by atoms with Gasteiger partial charge in [-0.05, 0) is 172 Å². The van der Waals surface area contributed by atoms with Gasteiger partial charge in [0.05, 0.1) is 11.4 Å². The van der Waals surface area contributed by atoms with Gasteiger partial charge in [-0.3, -0.25) is 0 Å². The van der Waals surface area contributed by atoms with Crippen LogP contribution in [0.15, 0.2) is 326 Å². The van der Waals surface area contributed by atoms with Crippen LogP contribution in [0.25, 0.3) is 158 Å². The number of hydrogen-bond acceptors (Lipinski definition) is 14. The lowest BCUT2D eigenvalue weighted by Gasteiger charge is -2.13. The van der Waals surface area contributed by atoms with E-state index in [1.807, 2.05) is 127 Å². The number of hydrogen-bond donors (Lipinski definition) is 2. The number of nitrogens with zero attached hydrogens (tertiary/aromatic N) is 9. The molecule has 0 radical (unpaired) electrons. The van der Waals surface area contributed by atoms with Crippen LogP contribution in [-0.4, -0.2) is 62.0 Å². The molecule has 0 aliphatic rings. The lowest BCUT2D eigenvalue weighted by atomic mass is 9.80. The van der Waals surface area contributed by atoms with E-state index in [2.05, 4.69) is 188 Å². The van der Waals surface area contributed by atoms with Crippen molar-refractivity contribution in [3.63, 3.8) is 0 Å². The van der Waals surface area contributed by atoms with E-state index in [0.717, 1.165) is 132 Å². The lowest BCUT2D eigenvalue weighted by molar-refractivity contribution is 0.426. The minimum Gasteiger partial charge on any atom is -0.436 e. The fourth-order valence-electron chi connectivity index (χ4n) is 11.2. The van der Waals surface area contributed by atoms with Crippen molar-refractivity contribution in [3.8, 4) is 124 Å². The minimum absolute atomic E-state index is 0.440. The number of benzene rings is 10. The highest BCUT2D eigenvalue weighted by Crippen LogP contribution is 2.38. The Morgan fingerprint density at radius 3 is 0.888 bits per heavy atom. The topological polar surface area (TPSA) is 196 Å². The Hall–Kier alpha value is -12.0. The van der Waals surface area contributed by atoms with E-state index in [1.54, 1.807) is 55.1 Å². The molecule has 98 heavy (non-hydrogen) atoms. The number of para-hydroxylation sites is 6. The molecule has 0 fully saturated rings. The first kappa shape index (κ1) is 62.1. The molecular weight excluding hydrogens is 1350 g/mol. The number of rotatable bonds is 12. The lowest BCUT2D eigenvalue weighted by Crippen LogP contribution is -2.29. The Morgan fingerprint density at radius 2 is 0.551 bits per heavy atom. The molecule has 0 unspecified atom stereocenters. The van der Waals surface area contributed by atoms with Gasteiger partial charge in [0.25, 0.3) is 0 Å². The highest BCUT2D eigenvalue weighted by Gasteiger charge is 2.18. The zero-order valence-corrected chi connectivity index (χ0v) is 55.0. The average molecular weight is 1400 g/mol. The molecule has 0 aliphatic carbocycles. The Morgan fingerprint density at radius 1 is 0.265 bits per heavy atom. The van der Waals surface area contributed by atoms with E-state index < -0.39 is 7.12 Å². The third-order valence-electron chi connectivity index (χ3n) is 16.3. The van der Waals surface area contributed by atoms with Crippen molar-refractivity contribution in [2.24, 2.45) is 0 Å². The second-order valence-corrected chi connectivity index (χ2v) is 24.4. The van der Waals surface area contributed by atoms with Crippen LogP contribution in [0.1, 0.15) is 0 Å². The minimum atomic E-state index is -1.46. The summed E-state index contributed by atoms with van der Waals surface area (Å²) in [6.45, 7) is 0. The summed E-state index contributed by atoms with van der Waals surface area (Å²) in [5, 5.41) is 18.0. The summed E-state index contributed by atoms with van der Waals surface area (Å²) < 4.78 is 19.7.